The number of benzene rings is 2. The SMILES string of the molecule is CN1CCN(C(=O)c2ccc(Nc3nccc(NCC(O)c4ccccc4)n3)cc2)CC1. The van der Waals surface area contributed by atoms with Crippen LogP contribution in [0.15, 0.2) is 66.9 Å². The van der Waals surface area contributed by atoms with Crippen LogP contribution in [0.2, 0.25) is 0 Å². The third kappa shape index (κ3) is 5.60. The van der Waals surface area contributed by atoms with Crippen molar-refractivity contribution in [3.63, 3.8) is 0 Å². The highest BCUT2D eigenvalue weighted by atomic mass is 16.3. The van der Waals surface area contributed by atoms with E-state index in [9.17, 15) is 9.90 Å². The monoisotopic (exact) mass is 432 g/mol. The molecule has 1 saturated heterocycles. The summed E-state index contributed by atoms with van der Waals surface area (Å²) in [5.41, 5.74) is 2.31. The van der Waals surface area contributed by atoms with Crippen molar-refractivity contribution in [2.45, 2.75) is 6.10 Å². The largest absolute Gasteiger partial charge is 0.387 e. The zero-order valence-corrected chi connectivity index (χ0v) is 18.1. The molecule has 32 heavy (non-hydrogen) atoms. The number of nitrogens with one attached hydrogen (secondary N) is 2. The lowest BCUT2D eigenvalue weighted by atomic mass is 10.1. The zero-order valence-electron chi connectivity index (χ0n) is 18.1. The normalized spacial score (nSPS) is 15.2. The van der Waals surface area contributed by atoms with Crippen molar-refractivity contribution in [1.82, 2.24) is 19.8 Å². The summed E-state index contributed by atoms with van der Waals surface area (Å²) < 4.78 is 0. The Morgan fingerprint density at radius 2 is 1.75 bits per heavy atom. The topological polar surface area (TPSA) is 93.6 Å². The predicted octanol–water partition coefficient (Wildman–Crippen LogP) is 2.75. The van der Waals surface area contributed by atoms with Crippen molar-refractivity contribution in [3.05, 3.63) is 78.0 Å². The summed E-state index contributed by atoms with van der Waals surface area (Å²) in [6.45, 7) is 3.64. The molecule has 1 aromatic heterocycles. The van der Waals surface area contributed by atoms with Crippen LogP contribution in [-0.2, 0) is 0 Å². The third-order valence-corrected chi connectivity index (χ3v) is 5.49. The minimum atomic E-state index is -0.632. The van der Waals surface area contributed by atoms with E-state index in [4.69, 9.17) is 0 Å². The van der Waals surface area contributed by atoms with Gasteiger partial charge in [0, 0.05) is 50.2 Å². The number of aliphatic hydroxyl groups excluding tert-OH is 1. The number of rotatable bonds is 7. The fourth-order valence-electron chi connectivity index (χ4n) is 3.53. The number of aliphatic hydroxyl groups is 1. The average Bonchev–Trinajstić information content (AvgIpc) is 2.84. The average molecular weight is 433 g/mol. The van der Waals surface area contributed by atoms with Gasteiger partial charge in [-0.25, -0.2) is 4.98 Å². The van der Waals surface area contributed by atoms with E-state index in [1.165, 1.54) is 0 Å². The van der Waals surface area contributed by atoms with Crippen LogP contribution in [0.5, 0.6) is 0 Å². The van der Waals surface area contributed by atoms with Gasteiger partial charge in [0.05, 0.1) is 6.10 Å². The fraction of sp³-hybridized carbons (Fsp3) is 0.292. The van der Waals surface area contributed by atoms with Gasteiger partial charge in [0.1, 0.15) is 5.82 Å². The van der Waals surface area contributed by atoms with Gasteiger partial charge in [-0.3, -0.25) is 4.79 Å². The first-order chi connectivity index (χ1) is 15.6. The van der Waals surface area contributed by atoms with Crippen molar-refractivity contribution in [2.24, 2.45) is 0 Å². The molecular weight excluding hydrogens is 404 g/mol. The number of hydrogen-bond acceptors (Lipinski definition) is 7. The van der Waals surface area contributed by atoms with E-state index in [2.05, 4.69) is 32.5 Å². The number of carbonyl (C=O) groups is 1. The molecule has 1 unspecified atom stereocenters. The Morgan fingerprint density at radius 3 is 2.47 bits per heavy atom. The van der Waals surface area contributed by atoms with E-state index in [0.717, 1.165) is 37.4 Å². The minimum absolute atomic E-state index is 0.0593. The Balaban J connectivity index is 1.33. The van der Waals surface area contributed by atoms with Crippen LogP contribution in [0.4, 0.5) is 17.5 Å². The maximum atomic E-state index is 12.7. The second-order valence-electron chi connectivity index (χ2n) is 7.87. The maximum Gasteiger partial charge on any atom is 0.253 e. The number of likely N-dealkylation sites (N-methyl/N-ethyl adjacent to an activating group) is 1. The van der Waals surface area contributed by atoms with Crippen LogP contribution in [0, 0.1) is 0 Å². The quantitative estimate of drug-likeness (QED) is 0.529. The first-order valence-electron chi connectivity index (χ1n) is 10.7. The van der Waals surface area contributed by atoms with Crippen molar-refractivity contribution in [3.8, 4) is 0 Å². The molecular formula is C24H28N6O2. The van der Waals surface area contributed by atoms with Crippen LogP contribution < -0.4 is 10.6 Å². The summed E-state index contributed by atoms with van der Waals surface area (Å²) in [4.78, 5) is 25.5. The highest BCUT2D eigenvalue weighted by Gasteiger charge is 2.20. The predicted molar refractivity (Wildman–Crippen MR) is 125 cm³/mol. The van der Waals surface area contributed by atoms with Crippen LogP contribution in [0.25, 0.3) is 0 Å². The Labute approximate surface area is 187 Å². The molecule has 3 N–H and O–H groups in total. The number of hydrogen-bond donors (Lipinski definition) is 3. The van der Waals surface area contributed by atoms with E-state index >= 15 is 0 Å². The van der Waals surface area contributed by atoms with Gasteiger partial charge in [0.2, 0.25) is 5.95 Å². The molecule has 8 heteroatoms. The molecule has 0 aliphatic carbocycles. The van der Waals surface area contributed by atoms with E-state index < -0.39 is 6.10 Å². The van der Waals surface area contributed by atoms with Crippen LogP contribution >= 0.6 is 0 Å². The number of aromatic nitrogens is 2. The summed E-state index contributed by atoms with van der Waals surface area (Å²) in [5.74, 6) is 1.10. The van der Waals surface area contributed by atoms with Crippen LogP contribution in [0.1, 0.15) is 22.0 Å². The first kappa shape index (κ1) is 21.7. The lowest BCUT2D eigenvalue weighted by Gasteiger charge is -2.32. The van der Waals surface area contributed by atoms with E-state index in [0.29, 0.717) is 23.9 Å². The van der Waals surface area contributed by atoms with Gasteiger partial charge in [0.15, 0.2) is 0 Å². The highest BCUT2D eigenvalue weighted by molar-refractivity contribution is 5.94. The van der Waals surface area contributed by atoms with Gasteiger partial charge in [-0.2, -0.15) is 4.98 Å². The fourth-order valence-corrected chi connectivity index (χ4v) is 3.53. The maximum absolute atomic E-state index is 12.7. The molecule has 0 spiro atoms. The van der Waals surface area contributed by atoms with Crippen molar-refractivity contribution < 1.29 is 9.90 Å². The lowest BCUT2D eigenvalue weighted by Crippen LogP contribution is -2.47. The van der Waals surface area contributed by atoms with E-state index in [1.807, 2.05) is 59.5 Å². The molecule has 1 atom stereocenters. The van der Waals surface area contributed by atoms with Gasteiger partial charge in [0.25, 0.3) is 5.91 Å². The minimum Gasteiger partial charge on any atom is -0.387 e. The summed E-state index contributed by atoms with van der Waals surface area (Å²) in [6, 6.07) is 18.6. The Bertz CT molecular complexity index is 1020. The van der Waals surface area contributed by atoms with Crippen molar-refractivity contribution in [1.29, 1.82) is 0 Å². The lowest BCUT2D eigenvalue weighted by molar-refractivity contribution is 0.0664. The summed E-state index contributed by atoms with van der Waals surface area (Å²) in [6.07, 6.45) is 1.02. The molecule has 0 radical (unpaired) electrons. The molecule has 1 aliphatic rings. The van der Waals surface area contributed by atoms with Crippen LogP contribution in [0.3, 0.4) is 0 Å². The molecule has 2 aromatic carbocycles. The first-order valence-corrected chi connectivity index (χ1v) is 10.7. The van der Waals surface area contributed by atoms with Gasteiger partial charge < -0.3 is 25.5 Å². The van der Waals surface area contributed by atoms with E-state index in [-0.39, 0.29) is 5.91 Å². The second-order valence-corrected chi connectivity index (χ2v) is 7.87. The van der Waals surface area contributed by atoms with Gasteiger partial charge >= 0.3 is 0 Å². The number of anilines is 3. The van der Waals surface area contributed by atoms with Gasteiger partial charge in [-0.05, 0) is 42.9 Å². The summed E-state index contributed by atoms with van der Waals surface area (Å²) in [5, 5.41) is 16.6. The van der Waals surface area contributed by atoms with Gasteiger partial charge in [-0.15, -0.1) is 0 Å². The highest BCUT2D eigenvalue weighted by Crippen LogP contribution is 2.18. The van der Waals surface area contributed by atoms with Crippen LogP contribution in [-0.4, -0.2) is 70.6 Å². The molecule has 1 aliphatic heterocycles. The Kier molecular flexibility index (Phi) is 6.94. The molecule has 0 bridgehead atoms. The Hall–Kier alpha value is -3.49. The van der Waals surface area contributed by atoms with Crippen molar-refractivity contribution in [2.75, 3.05) is 50.4 Å². The van der Waals surface area contributed by atoms with Crippen molar-refractivity contribution >= 4 is 23.4 Å². The second kappa shape index (κ2) is 10.2. The molecule has 3 aromatic rings. The smallest absolute Gasteiger partial charge is 0.253 e. The Morgan fingerprint density at radius 1 is 1.03 bits per heavy atom. The third-order valence-electron chi connectivity index (χ3n) is 5.49. The van der Waals surface area contributed by atoms with E-state index in [1.54, 1.807) is 12.3 Å². The number of piperazine rings is 1. The standard InChI is InChI=1S/C24H28N6O2/c1-29-13-15-30(16-14-29)23(32)19-7-9-20(10-8-19)27-24-25-12-11-22(28-24)26-17-21(31)18-5-3-2-4-6-18/h2-12,21,31H,13-17H2,1H3,(H2,25,26,27,28). The van der Waals surface area contributed by atoms with Gasteiger partial charge in [-0.1, -0.05) is 30.3 Å². The number of nitrogens with zero attached hydrogens (tertiary/aromatic N) is 4. The summed E-state index contributed by atoms with van der Waals surface area (Å²) >= 11 is 0. The molecule has 0 saturated carbocycles. The molecule has 1 amide bonds. The molecule has 1 fully saturated rings. The number of carbonyl (C=O) groups excluding carboxylic acids is 1. The zero-order chi connectivity index (χ0) is 22.3. The molecule has 166 valence electrons. The number of amides is 1. The molecule has 2 heterocycles. The molecule has 8 nitrogen and oxygen atoms in total. The molecule has 4 rings (SSSR count). The summed E-state index contributed by atoms with van der Waals surface area (Å²) in [7, 11) is 2.07.